The SMILES string of the molecule is CC(C)C(N)CCN(C)C1CCC(C(F)(F)F)CC1. The molecule has 1 aliphatic carbocycles. The minimum Gasteiger partial charge on any atom is -0.327 e. The van der Waals surface area contributed by atoms with E-state index >= 15 is 0 Å². The molecule has 2 N–H and O–H groups in total. The molecule has 0 heterocycles. The fourth-order valence-corrected chi connectivity index (χ4v) is 2.71. The van der Waals surface area contributed by atoms with Crippen molar-refractivity contribution in [2.75, 3.05) is 13.6 Å². The van der Waals surface area contributed by atoms with E-state index in [0.717, 1.165) is 13.0 Å². The van der Waals surface area contributed by atoms with E-state index in [0.29, 0.717) is 18.8 Å². The Morgan fingerprint density at radius 2 is 1.68 bits per heavy atom. The fourth-order valence-electron chi connectivity index (χ4n) is 2.71. The smallest absolute Gasteiger partial charge is 0.327 e. The fraction of sp³-hybridized carbons (Fsp3) is 1.00. The summed E-state index contributed by atoms with van der Waals surface area (Å²) in [5, 5.41) is 0. The van der Waals surface area contributed by atoms with Crippen molar-refractivity contribution < 1.29 is 13.2 Å². The minimum atomic E-state index is -4.01. The summed E-state index contributed by atoms with van der Waals surface area (Å²) in [5.74, 6) is -0.635. The summed E-state index contributed by atoms with van der Waals surface area (Å²) in [6.07, 6.45) is -1.25. The summed E-state index contributed by atoms with van der Waals surface area (Å²) >= 11 is 0. The van der Waals surface area contributed by atoms with Crippen molar-refractivity contribution in [3.63, 3.8) is 0 Å². The van der Waals surface area contributed by atoms with Gasteiger partial charge in [-0.2, -0.15) is 13.2 Å². The molecule has 0 amide bonds. The van der Waals surface area contributed by atoms with Gasteiger partial charge in [0.05, 0.1) is 5.92 Å². The van der Waals surface area contributed by atoms with Gasteiger partial charge >= 0.3 is 6.18 Å². The lowest BCUT2D eigenvalue weighted by molar-refractivity contribution is -0.184. The van der Waals surface area contributed by atoms with Gasteiger partial charge in [-0.15, -0.1) is 0 Å². The Morgan fingerprint density at radius 3 is 2.11 bits per heavy atom. The Morgan fingerprint density at radius 1 is 1.16 bits per heavy atom. The second-order valence-corrected chi connectivity index (χ2v) is 6.22. The summed E-state index contributed by atoms with van der Waals surface area (Å²) in [5.41, 5.74) is 6.00. The minimum absolute atomic E-state index is 0.175. The van der Waals surface area contributed by atoms with E-state index in [4.69, 9.17) is 5.73 Å². The Hall–Kier alpha value is -0.290. The molecule has 0 aromatic carbocycles. The Balaban J connectivity index is 2.31. The van der Waals surface area contributed by atoms with Crippen molar-refractivity contribution in [3.8, 4) is 0 Å². The molecule has 114 valence electrons. The summed E-state index contributed by atoms with van der Waals surface area (Å²) in [6, 6.07) is 0.465. The van der Waals surface area contributed by atoms with Gasteiger partial charge in [0.2, 0.25) is 0 Å². The van der Waals surface area contributed by atoms with E-state index in [1.807, 2.05) is 7.05 Å². The molecular weight excluding hydrogens is 253 g/mol. The first-order chi connectivity index (χ1) is 8.71. The molecule has 2 nitrogen and oxygen atoms in total. The monoisotopic (exact) mass is 280 g/mol. The summed E-state index contributed by atoms with van der Waals surface area (Å²) in [6.45, 7) is 5.07. The predicted octanol–water partition coefficient (Wildman–Crippen LogP) is 3.41. The number of alkyl halides is 3. The number of halogens is 3. The Labute approximate surface area is 114 Å². The number of nitrogens with zero attached hydrogens (tertiary/aromatic N) is 1. The van der Waals surface area contributed by atoms with Crippen LogP contribution in [0.15, 0.2) is 0 Å². The molecule has 0 aliphatic heterocycles. The van der Waals surface area contributed by atoms with Crippen LogP contribution in [0.25, 0.3) is 0 Å². The highest BCUT2D eigenvalue weighted by atomic mass is 19.4. The molecule has 1 unspecified atom stereocenters. The maximum absolute atomic E-state index is 12.6. The molecule has 1 atom stereocenters. The molecular formula is C14H27F3N2. The third-order valence-electron chi connectivity index (χ3n) is 4.45. The van der Waals surface area contributed by atoms with E-state index in [-0.39, 0.29) is 24.9 Å². The number of hydrogen-bond acceptors (Lipinski definition) is 2. The zero-order valence-electron chi connectivity index (χ0n) is 12.2. The summed E-state index contributed by atoms with van der Waals surface area (Å²) < 4.78 is 37.7. The van der Waals surface area contributed by atoms with Crippen molar-refractivity contribution in [2.45, 2.75) is 64.2 Å². The van der Waals surface area contributed by atoms with Crippen LogP contribution in [-0.4, -0.2) is 36.8 Å². The second kappa shape index (κ2) is 6.93. The van der Waals surface area contributed by atoms with E-state index in [1.54, 1.807) is 0 Å². The van der Waals surface area contributed by atoms with Crippen LogP contribution in [0.4, 0.5) is 13.2 Å². The highest BCUT2D eigenvalue weighted by Gasteiger charge is 2.41. The molecule has 0 aromatic rings. The maximum Gasteiger partial charge on any atom is 0.391 e. The van der Waals surface area contributed by atoms with Crippen LogP contribution in [0.3, 0.4) is 0 Å². The average Bonchev–Trinajstić information content (AvgIpc) is 2.34. The molecule has 0 spiro atoms. The largest absolute Gasteiger partial charge is 0.391 e. The van der Waals surface area contributed by atoms with Crippen LogP contribution in [0.5, 0.6) is 0 Å². The standard InChI is InChI=1S/C14H27F3N2/c1-10(2)13(18)8-9-19(3)12-6-4-11(5-7-12)14(15,16)17/h10-13H,4-9,18H2,1-3H3. The van der Waals surface area contributed by atoms with Gasteiger partial charge < -0.3 is 10.6 Å². The molecule has 1 rings (SSSR count). The highest BCUT2D eigenvalue weighted by Crippen LogP contribution is 2.38. The molecule has 0 radical (unpaired) electrons. The number of rotatable bonds is 5. The van der Waals surface area contributed by atoms with Crippen molar-refractivity contribution in [2.24, 2.45) is 17.6 Å². The molecule has 0 saturated heterocycles. The first-order valence-corrected chi connectivity index (χ1v) is 7.24. The molecule has 0 aromatic heterocycles. The van der Waals surface area contributed by atoms with Crippen LogP contribution < -0.4 is 5.73 Å². The van der Waals surface area contributed by atoms with Crippen LogP contribution in [0, 0.1) is 11.8 Å². The number of hydrogen-bond donors (Lipinski definition) is 1. The number of nitrogens with two attached hydrogens (primary N) is 1. The molecule has 1 saturated carbocycles. The van der Waals surface area contributed by atoms with Gasteiger partial charge in [0, 0.05) is 12.1 Å². The van der Waals surface area contributed by atoms with Crippen molar-refractivity contribution >= 4 is 0 Å². The van der Waals surface area contributed by atoms with E-state index in [1.165, 1.54) is 0 Å². The Kier molecular flexibility index (Phi) is 6.12. The molecule has 0 bridgehead atoms. The first-order valence-electron chi connectivity index (χ1n) is 7.24. The van der Waals surface area contributed by atoms with Crippen molar-refractivity contribution in [3.05, 3.63) is 0 Å². The Bertz CT molecular complexity index is 258. The lowest BCUT2D eigenvalue weighted by Gasteiger charge is -2.35. The van der Waals surface area contributed by atoms with Gasteiger partial charge in [0.1, 0.15) is 0 Å². The van der Waals surface area contributed by atoms with E-state index in [9.17, 15) is 13.2 Å². The van der Waals surface area contributed by atoms with Gasteiger partial charge in [-0.3, -0.25) is 0 Å². The van der Waals surface area contributed by atoms with Crippen LogP contribution >= 0.6 is 0 Å². The maximum atomic E-state index is 12.6. The summed E-state index contributed by atoms with van der Waals surface area (Å²) in [7, 11) is 2.01. The van der Waals surface area contributed by atoms with Gasteiger partial charge in [-0.25, -0.2) is 0 Å². The van der Waals surface area contributed by atoms with Crippen LogP contribution in [0.1, 0.15) is 46.0 Å². The van der Waals surface area contributed by atoms with Gasteiger partial charge in [-0.1, -0.05) is 13.8 Å². The first kappa shape index (κ1) is 16.8. The lowest BCUT2D eigenvalue weighted by Crippen LogP contribution is -2.40. The average molecular weight is 280 g/mol. The molecule has 1 fully saturated rings. The second-order valence-electron chi connectivity index (χ2n) is 6.22. The highest BCUT2D eigenvalue weighted by molar-refractivity contribution is 4.82. The van der Waals surface area contributed by atoms with Gasteiger partial charge in [0.15, 0.2) is 0 Å². The van der Waals surface area contributed by atoms with Crippen molar-refractivity contribution in [1.82, 2.24) is 4.90 Å². The van der Waals surface area contributed by atoms with Crippen LogP contribution in [0.2, 0.25) is 0 Å². The normalized spacial score (nSPS) is 27.0. The zero-order chi connectivity index (χ0) is 14.6. The van der Waals surface area contributed by atoms with E-state index in [2.05, 4.69) is 18.7 Å². The van der Waals surface area contributed by atoms with Gasteiger partial charge in [-0.05, 0) is 51.6 Å². The van der Waals surface area contributed by atoms with E-state index < -0.39 is 12.1 Å². The zero-order valence-corrected chi connectivity index (χ0v) is 12.2. The lowest BCUT2D eigenvalue weighted by atomic mass is 9.85. The predicted molar refractivity (Wildman–Crippen MR) is 71.9 cm³/mol. The quantitative estimate of drug-likeness (QED) is 0.836. The molecule has 19 heavy (non-hydrogen) atoms. The third kappa shape index (κ3) is 5.30. The van der Waals surface area contributed by atoms with Gasteiger partial charge in [0.25, 0.3) is 0 Å². The summed E-state index contributed by atoms with van der Waals surface area (Å²) in [4.78, 5) is 2.19. The van der Waals surface area contributed by atoms with Crippen molar-refractivity contribution in [1.29, 1.82) is 0 Å². The molecule has 1 aliphatic rings. The topological polar surface area (TPSA) is 29.3 Å². The third-order valence-corrected chi connectivity index (χ3v) is 4.45. The van der Waals surface area contributed by atoms with Crippen LogP contribution in [-0.2, 0) is 0 Å². The molecule has 5 heteroatoms.